The minimum Gasteiger partial charge on any atom is -0.375 e. The van der Waals surface area contributed by atoms with Gasteiger partial charge in [0.05, 0.1) is 11.9 Å². The van der Waals surface area contributed by atoms with E-state index >= 15 is 0 Å². The number of piperazine rings is 1. The quantitative estimate of drug-likeness (QED) is 0.303. The van der Waals surface area contributed by atoms with E-state index in [-0.39, 0.29) is 22.4 Å². The number of nitrogens with two attached hydrogens (primary N) is 1. The highest BCUT2D eigenvalue weighted by molar-refractivity contribution is 7.80. The monoisotopic (exact) mass is 513 g/mol. The molecule has 0 spiro atoms. The van der Waals surface area contributed by atoms with Crippen molar-refractivity contribution >= 4 is 52.4 Å². The molecule has 2 aromatic carbocycles. The molecule has 1 heterocycles. The van der Waals surface area contributed by atoms with E-state index in [1.807, 2.05) is 11.0 Å². The molecule has 2 aromatic rings. The van der Waals surface area contributed by atoms with E-state index in [1.54, 1.807) is 12.1 Å². The Bertz CT molecular complexity index is 1030. The van der Waals surface area contributed by atoms with Gasteiger partial charge in [-0.25, -0.2) is 8.78 Å². The molecule has 1 fully saturated rings. The van der Waals surface area contributed by atoms with E-state index in [0.29, 0.717) is 42.1 Å². The highest BCUT2D eigenvalue weighted by atomic mass is 35.5. The summed E-state index contributed by atoms with van der Waals surface area (Å²) in [6.07, 6.45) is 2.06. The number of hydrogen-bond acceptors (Lipinski definition) is 4. The normalized spacial score (nSPS) is 17.2. The highest BCUT2D eigenvalue weighted by Crippen LogP contribution is 2.29. The number of nitrogens with one attached hydrogen (secondary N) is 1. The van der Waals surface area contributed by atoms with Crippen LogP contribution in [0, 0.1) is 17.6 Å². The Hall–Kier alpha value is -2.00. The van der Waals surface area contributed by atoms with Gasteiger partial charge in [0.2, 0.25) is 0 Å². The summed E-state index contributed by atoms with van der Waals surface area (Å²) in [7, 11) is 0. The molecule has 178 valence electrons. The van der Waals surface area contributed by atoms with Crippen molar-refractivity contribution in [1.29, 1.82) is 0 Å². The molecule has 1 atom stereocenters. The highest BCUT2D eigenvalue weighted by Gasteiger charge is 2.30. The lowest BCUT2D eigenvalue weighted by molar-refractivity contribution is 0.147. The SMILES string of the molecule is CC(C)C[C@H]1CN(c2cc(F)c(/C=N/NC(N)=S)cc2F)CCN1Cc1cc(Cl)ccc1Cl. The predicted molar refractivity (Wildman–Crippen MR) is 136 cm³/mol. The molecule has 1 saturated heterocycles. The fraction of sp³-hybridized carbons (Fsp3) is 0.391. The smallest absolute Gasteiger partial charge is 0.184 e. The summed E-state index contributed by atoms with van der Waals surface area (Å²) < 4.78 is 29.6. The molecule has 0 aliphatic carbocycles. The molecule has 3 N–H and O–H groups in total. The van der Waals surface area contributed by atoms with Crippen molar-refractivity contribution < 1.29 is 8.78 Å². The largest absolute Gasteiger partial charge is 0.375 e. The number of thiocarbonyl (C=S) groups is 1. The van der Waals surface area contributed by atoms with Crippen molar-refractivity contribution in [3.05, 3.63) is 63.1 Å². The molecule has 0 amide bonds. The van der Waals surface area contributed by atoms with E-state index in [9.17, 15) is 8.78 Å². The van der Waals surface area contributed by atoms with E-state index in [1.165, 1.54) is 6.07 Å². The van der Waals surface area contributed by atoms with E-state index < -0.39 is 11.6 Å². The molecular weight excluding hydrogens is 487 g/mol. The maximum Gasteiger partial charge on any atom is 0.184 e. The van der Waals surface area contributed by atoms with Gasteiger partial charge >= 0.3 is 0 Å². The van der Waals surface area contributed by atoms with Crippen LogP contribution in [0.3, 0.4) is 0 Å². The van der Waals surface area contributed by atoms with Gasteiger partial charge < -0.3 is 10.6 Å². The zero-order chi connectivity index (χ0) is 24.1. The summed E-state index contributed by atoms with van der Waals surface area (Å²) in [6, 6.07) is 7.94. The number of hydrogen-bond donors (Lipinski definition) is 2. The maximum absolute atomic E-state index is 14.9. The van der Waals surface area contributed by atoms with Gasteiger partial charge in [-0.1, -0.05) is 37.0 Å². The predicted octanol–water partition coefficient (Wildman–Crippen LogP) is 5.18. The molecule has 0 bridgehead atoms. The third-order valence-electron chi connectivity index (χ3n) is 5.51. The van der Waals surface area contributed by atoms with Crippen molar-refractivity contribution in [2.45, 2.75) is 32.9 Å². The summed E-state index contributed by atoms with van der Waals surface area (Å²) in [6.45, 7) is 6.76. The topological polar surface area (TPSA) is 56.9 Å². The lowest BCUT2D eigenvalue weighted by Gasteiger charge is -2.43. The van der Waals surface area contributed by atoms with Gasteiger partial charge in [0.25, 0.3) is 0 Å². The first-order valence-electron chi connectivity index (χ1n) is 10.6. The van der Waals surface area contributed by atoms with E-state index in [4.69, 9.17) is 28.9 Å². The minimum absolute atomic E-state index is 0.00737. The van der Waals surface area contributed by atoms with Crippen LogP contribution in [0.1, 0.15) is 31.4 Å². The molecule has 0 aromatic heterocycles. The van der Waals surface area contributed by atoms with Crippen LogP contribution in [0.5, 0.6) is 0 Å². The van der Waals surface area contributed by atoms with Gasteiger partial charge in [0, 0.05) is 53.9 Å². The first-order chi connectivity index (χ1) is 15.6. The number of anilines is 1. The minimum atomic E-state index is -0.576. The second-order valence-corrected chi connectivity index (χ2v) is 9.78. The Kier molecular flexibility index (Phi) is 8.87. The first kappa shape index (κ1) is 25.6. The van der Waals surface area contributed by atoms with E-state index in [0.717, 1.165) is 24.3 Å². The lowest BCUT2D eigenvalue weighted by Crippen LogP contribution is -2.53. The Labute approximate surface area is 208 Å². The Morgan fingerprint density at radius 1 is 1.24 bits per heavy atom. The summed E-state index contributed by atoms with van der Waals surface area (Å²) in [5, 5.41) is 4.95. The van der Waals surface area contributed by atoms with Crippen LogP contribution in [-0.4, -0.2) is 41.9 Å². The van der Waals surface area contributed by atoms with Crippen molar-refractivity contribution in [2.75, 3.05) is 24.5 Å². The van der Waals surface area contributed by atoms with Crippen LogP contribution in [0.15, 0.2) is 35.4 Å². The number of halogens is 4. The molecule has 33 heavy (non-hydrogen) atoms. The molecule has 0 unspecified atom stereocenters. The lowest BCUT2D eigenvalue weighted by atomic mass is 9.98. The average Bonchev–Trinajstić information content (AvgIpc) is 2.73. The third kappa shape index (κ3) is 6.99. The summed E-state index contributed by atoms with van der Waals surface area (Å²) >= 11 is 17.2. The molecule has 10 heteroatoms. The Morgan fingerprint density at radius 2 is 2.00 bits per heavy atom. The summed E-state index contributed by atoms with van der Waals surface area (Å²) in [5.74, 6) is -0.648. The van der Waals surface area contributed by atoms with E-state index in [2.05, 4.69) is 41.5 Å². The number of hydrazone groups is 1. The zero-order valence-corrected chi connectivity index (χ0v) is 20.8. The Morgan fingerprint density at radius 3 is 2.70 bits per heavy atom. The zero-order valence-electron chi connectivity index (χ0n) is 18.5. The maximum atomic E-state index is 14.9. The first-order valence-corrected chi connectivity index (χ1v) is 11.8. The molecule has 1 aliphatic rings. The second kappa shape index (κ2) is 11.4. The molecule has 0 radical (unpaired) electrons. The van der Waals surface area contributed by atoms with Crippen LogP contribution < -0.4 is 16.1 Å². The number of rotatable bonds is 7. The number of nitrogens with zero attached hydrogens (tertiary/aromatic N) is 3. The summed E-state index contributed by atoms with van der Waals surface area (Å²) in [5.41, 5.74) is 8.81. The van der Waals surface area contributed by atoms with Gasteiger partial charge in [-0.3, -0.25) is 10.3 Å². The average molecular weight is 514 g/mol. The van der Waals surface area contributed by atoms with Crippen LogP contribution in [0.4, 0.5) is 14.5 Å². The summed E-state index contributed by atoms with van der Waals surface area (Å²) in [4.78, 5) is 4.24. The van der Waals surface area contributed by atoms with Gasteiger partial charge in [-0.05, 0) is 54.4 Å². The van der Waals surface area contributed by atoms with Gasteiger partial charge in [0.15, 0.2) is 5.11 Å². The molecule has 5 nitrogen and oxygen atoms in total. The fourth-order valence-electron chi connectivity index (χ4n) is 4.03. The fourth-order valence-corrected chi connectivity index (χ4v) is 4.45. The Balaban J connectivity index is 1.79. The second-order valence-electron chi connectivity index (χ2n) is 8.49. The molecular formula is C23H27Cl2F2N5S. The van der Waals surface area contributed by atoms with Crippen molar-refractivity contribution in [1.82, 2.24) is 10.3 Å². The number of benzene rings is 2. The standard InChI is InChI=1S/C23H27Cl2F2N5S/c1-14(2)7-18-13-32(6-5-31(18)12-16-8-17(24)3-4-19(16)25)22-10-20(26)15(9-21(22)27)11-29-30-23(28)33/h3-4,8-11,14,18H,5-7,12-13H2,1-2H3,(H3,28,30,33)/b29-11+/t18-/m0/s1. The van der Waals surface area contributed by atoms with Crippen LogP contribution in [-0.2, 0) is 6.54 Å². The van der Waals surface area contributed by atoms with Crippen molar-refractivity contribution in [3.63, 3.8) is 0 Å². The molecule has 1 aliphatic heterocycles. The van der Waals surface area contributed by atoms with Crippen molar-refractivity contribution in [2.24, 2.45) is 16.8 Å². The van der Waals surface area contributed by atoms with Crippen LogP contribution in [0.25, 0.3) is 0 Å². The molecule has 0 saturated carbocycles. The van der Waals surface area contributed by atoms with Crippen LogP contribution >= 0.6 is 35.4 Å². The van der Waals surface area contributed by atoms with Gasteiger partial charge in [0.1, 0.15) is 11.6 Å². The molecule has 3 rings (SSSR count). The van der Waals surface area contributed by atoms with Gasteiger partial charge in [-0.2, -0.15) is 5.10 Å². The third-order valence-corrected chi connectivity index (χ3v) is 6.21. The van der Waals surface area contributed by atoms with Gasteiger partial charge in [-0.15, -0.1) is 0 Å². The van der Waals surface area contributed by atoms with Crippen molar-refractivity contribution in [3.8, 4) is 0 Å². The van der Waals surface area contributed by atoms with Crippen LogP contribution in [0.2, 0.25) is 10.0 Å².